The third-order valence-electron chi connectivity index (χ3n) is 6.62. The van der Waals surface area contributed by atoms with Crippen LogP contribution >= 0.6 is 0 Å². The second-order valence-corrected chi connectivity index (χ2v) is 9.27. The van der Waals surface area contributed by atoms with E-state index in [0.717, 1.165) is 29.8 Å². The lowest BCUT2D eigenvalue weighted by atomic mass is 9.86. The number of benzene rings is 3. The van der Waals surface area contributed by atoms with Gasteiger partial charge in [0.05, 0.1) is 5.69 Å². The lowest BCUT2D eigenvalue weighted by Crippen LogP contribution is -2.34. The Bertz CT molecular complexity index is 1470. The molecule has 5 nitrogen and oxygen atoms in total. The maximum Gasteiger partial charge on any atom is 0.493 e. The van der Waals surface area contributed by atoms with Gasteiger partial charge < -0.3 is 4.84 Å². The molecule has 0 saturated carbocycles. The Morgan fingerprint density at radius 2 is 1.54 bits per heavy atom. The molecule has 4 aromatic rings. The van der Waals surface area contributed by atoms with Gasteiger partial charge in [0, 0.05) is 43.1 Å². The van der Waals surface area contributed by atoms with Crippen molar-refractivity contribution >= 4 is 5.97 Å². The second kappa shape index (κ2) is 10.6. The number of carbonyl (C=O) groups is 1. The summed E-state index contributed by atoms with van der Waals surface area (Å²) >= 11 is 0. The molecule has 1 aromatic heterocycles. The molecule has 0 radical (unpaired) electrons. The molecule has 0 unspecified atom stereocenters. The van der Waals surface area contributed by atoms with Crippen LogP contribution in [0.1, 0.15) is 28.7 Å². The van der Waals surface area contributed by atoms with Crippen LogP contribution in [-0.4, -0.2) is 40.1 Å². The van der Waals surface area contributed by atoms with Crippen molar-refractivity contribution in [3.8, 4) is 11.3 Å². The van der Waals surface area contributed by atoms with Gasteiger partial charge in [0.1, 0.15) is 23.1 Å². The topological polar surface area (TPSA) is 47.4 Å². The van der Waals surface area contributed by atoms with Gasteiger partial charge in [-0.1, -0.05) is 41.2 Å². The Hall–Kier alpha value is -4.12. The first kappa shape index (κ1) is 26.5. The fourth-order valence-corrected chi connectivity index (χ4v) is 4.85. The number of alkyl halides is 3. The minimum atomic E-state index is -5.29. The molecule has 11 heteroatoms. The summed E-state index contributed by atoms with van der Waals surface area (Å²) in [7, 11) is 0. The van der Waals surface area contributed by atoms with Gasteiger partial charge in [0.2, 0.25) is 0 Å². The summed E-state index contributed by atoms with van der Waals surface area (Å²) in [6.07, 6.45) is -5.29. The highest BCUT2D eigenvalue weighted by atomic mass is 19.4. The standard InChI is InChI=1S/C28H21F6N3O2/c29-19-8-6-18(7-9-19)26-13-25(35-37(26)39-27(38)28(32,33)34)23-16-36(14-17-4-2-1-3-5-17)15-22(23)21-11-10-20(30)12-24(21)31/h1-13,22-23H,14-16H2/t22-,23+/m0/s1. The van der Waals surface area contributed by atoms with Gasteiger partial charge in [0.25, 0.3) is 0 Å². The minimum absolute atomic E-state index is 0.0255. The summed E-state index contributed by atoms with van der Waals surface area (Å²) in [5.74, 6) is -5.66. The maximum absolute atomic E-state index is 14.9. The maximum atomic E-state index is 14.9. The minimum Gasteiger partial charge on any atom is -0.309 e. The van der Waals surface area contributed by atoms with Gasteiger partial charge in [-0.15, -0.1) is 5.10 Å². The third kappa shape index (κ3) is 5.83. The molecule has 3 aromatic carbocycles. The molecule has 0 spiro atoms. The predicted octanol–water partition coefficient (Wildman–Crippen LogP) is 5.87. The van der Waals surface area contributed by atoms with Gasteiger partial charge in [0.15, 0.2) is 0 Å². The molecule has 1 fully saturated rings. The van der Waals surface area contributed by atoms with Crippen molar-refractivity contribution in [2.75, 3.05) is 13.1 Å². The molecule has 1 aliphatic rings. The molecule has 39 heavy (non-hydrogen) atoms. The number of halogens is 6. The van der Waals surface area contributed by atoms with E-state index in [1.807, 2.05) is 35.2 Å². The first-order valence-corrected chi connectivity index (χ1v) is 11.9. The van der Waals surface area contributed by atoms with Crippen molar-refractivity contribution in [2.45, 2.75) is 24.6 Å². The molecule has 0 aliphatic carbocycles. The quantitative estimate of drug-likeness (QED) is 0.285. The molecule has 5 rings (SSSR count). The van der Waals surface area contributed by atoms with E-state index in [4.69, 9.17) is 0 Å². The van der Waals surface area contributed by atoms with Crippen LogP contribution in [0.5, 0.6) is 0 Å². The van der Waals surface area contributed by atoms with Crippen molar-refractivity contribution in [1.82, 2.24) is 14.8 Å². The van der Waals surface area contributed by atoms with E-state index in [2.05, 4.69) is 9.94 Å². The van der Waals surface area contributed by atoms with Crippen molar-refractivity contribution in [1.29, 1.82) is 0 Å². The SMILES string of the molecule is O=C(On1nc([C@@H]2CN(Cc3ccccc3)C[C@H]2c2ccc(F)cc2F)cc1-c1ccc(F)cc1)C(F)(F)F. The number of carbonyl (C=O) groups excluding carboxylic acids is 1. The third-order valence-corrected chi connectivity index (χ3v) is 6.62. The van der Waals surface area contributed by atoms with Gasteiger partial charge in [-0.25, -0.2) is 18.0 Å². The molecular weight excluding hydrogens is 524 g/mol. The molecule has 1 saturated heterocycles. The Balaban J connectivity index is 1.55. The Kier molecular flexibility index (Phi) is 7.17. The zero-order valence-corrected chi connectivity index (χ0v) is 20.2. The Morgan fingerprint density at radius 3 is 2.21 bits per heavy atom. The summed E-state index contributed by atoms with van der Waals surface area (Å²) in [6.45, 7) is 1.19. The van der Waals surface area contributed by atoms with Gasteiger partial charge >= 0.3 is 12.1 Å². The van der Waals surface area contributed by atoms with Crippen LogP contribution in [-0.2, 0) is 11.3 Å². The van der Waals surface area contributed by atoms with Crippen molar-refractivity contribution < 1.29 is 36.0 Å². The van der Waals surface area contributed by atoms with E-state index in [1.165, 1.54) is 24.3 Å². The molecule has 0 amide bonds. The zero-order chi connectivity index (χ0) is 27.7. The summed E-state index contributed by atoms with van der Waals surface area (Å²) in [5, 5.41) is 4.17. The van der Waals surface area contributed by atoms with Crippen LogP contribution < -0.4 is 4.84 Å². The van der Waals surface area contributed by atoms with Crippen LogP contribution in [0.25, 0.3) is 11.3 Å². The van der Waals surface area contributed by atoms with Crippen LogP contribution in [0.2, 0.25) is 0 Å². The lowest BCUT2D eigenvalue weighted by molar-refractivity contribution is -0.201. The number of nitrogens with zero attached hydrogens (tertiary/aromatic N) is 3. The largest absolute Gasteiger partial charge is 0.493 e. The number of hydrogen-bond acceptors (Lipinski definition) is 4. The molecular formula is C28H21F6N3O2. The normalized spacial score (nSPS) is 17.9. The second-order valence-electron chi connectivity index (χ2n) is 9.27. The number of hydrogen-bond donors (Lipinski definition) is 0. The van der Waals surface area contributed by atoms with E-state index in [1.54, 1.807) is 0 Å². The Morgan fingerprint density at radius 1 is 0.872 bits per heavy atom. The zero-order valence-electron chi connectivity index (χ0n) is 20.2. The van der Waals surface area contributed by atoms with E-state index in [9.17, 15) is 31.1 Å². The summed E-state index contributed by atoms with van der Waals surface area (Å²) in [4.78, 5) is 18.7. The fraction of sp³-hybridized carbons (Fsp3) is 0.214. The highest BCUT2D eigenvalue weighted by Crippen LogP contribution is 2.42. The molecule has 0 bridgehead atoms. The van der Waals surface area contributed by atoms with E-state index in [0.29, 0.717) is 24.5 Å². The van der Waals surface area contributed by atoms with Crippen molar-refractivity contribution in [3.05, 3.63) is 113 Å². The van der Waals surface area contributed by atoms with Gasteiger partial charge in [-0.3, -0.25) is 4.90 Å². The van der Waals surface area contributed by atoms with Crippen molar-refractivity contribution in [3.63, 3.8) is 0 Å². The number of aromatic nitrogens is 2. The Labute approximate surface area is 219 Å². The van der Waals surface area contributed by atoms with Crippen LogP contribution in [0.4, 0.5) is 26.3 Å². The number of rotatable bonds is 6. The average Bonchev–Trinajstić information content (AvgIpc) is 3.49. The molecule has 2 atom stereocenters. The number of likely N-dealkylation sites (tertiary alicyclic amines) is 1. The highest BCUT2D eigenvalue weighted by molar-refractivity contribution is 5.76. The smallest absolute Gasteiger partial charge is 0.309 e. The summed E-state index contributed by atoms with van der Waals surface area (Å²) in [5.41, 5.74) is 1.67. The molecule has 2 heterocycles. The molecule has 202 valence electrons. The van der Waals surface area contributed by atoms with Crippen molar-refractivity contribution in [2.24, 2.45) is 0 Å². The molecule has 1 aliphatic heterocycles. The monoisotopic (exact) mass is 545 g/mol. The van der Waals surface area contributed by atoms with Crippen LogP contribution in [0, 0.1) is 17.5 Å². The van der Waals surface area contributed by atoms with E-state index in [-0.39, 0.29) is 22.5 Å². The summed E-state index contributed by atoms with van der Waals surface area (Å²) in [6, 6.07) is 19.0. The molecule has 0 N–H and O–H groups in total. The van der Waals surface area contributed by atoms with E-state index >= 15 is 0 Å². The van der Waals surface area contributed by atoms with Gasteiger partial charge in [-0.05, 0) is 47.5 Å². The van der Waals surface area contributed by atoms with Gasteiger partial charge in [-0.2, -0.15) is 13.2 Å². The van der Waals surface area contributed by atoms with E-state index < -0.39 is 41.4 Å². The predicted molar refractivity (Wildman–Crippen MR) is 129 cm³/mol. The van der Waals surface area contributed by atoms with Crippen LogP contribution in [0.3, 0.4) is 0 Å². The highest BCUT2D eigenvalue weighted by Gasteiger charge is 2.43. The fourth-order valence-electron chi connectivity index (χ4n) is 4.85. The first-order valence-electron chi connectivity index (χ1n) is 11.9. The summed E-state index contributed by atoms with van der Waals surface area (Å²) < 4.78 is 81.1. The van der Waals surface area contributed by atoms with Crippen LogP contribution in [0.15, 0.2) is 78.9 Å². The first-order chi connectivity index (χ1) is 18.6. The average molecular weight is 545 g/mol. The lowest BCUT2D eigenvalue weighted by Gasteiger charge is -2.18.